The van der Waals surface area contributed by atoms with Crippen molar-refractivity contribution >= 4 is 19.6 Å². The fourth-order valence-corrected chi connectivity index (χ4v) is 3.23. The highest BCUT2D eigenvalue weighted by Crippen LogP contribution is 2.22. The molecule has 4 heteroatoms. The van der Waals surface area contributed by atoms with Crippen molar-refractivity contribution in [2.24, 2.45) is 4.36 Å². The topological polar surface area (TPSA) is 29.4 Å². The Morgan fingerprint density at radius 3 is 2.14 bits per heavy atom. The molecule has 0 radical (unpaired) electrons. The first-order valence-electron chi connectivity index (χ1n) is 4.34. The summed E-state index contributed by atoms with van der Waals surface area (Å²) in [6.07, 6.45) is 0. The smallest absolute Gasteiger partial charge is 0.159 e. The van der Waals surface area contributed by atoms with E-state index in [4.69, 9.17) is 10.7 Å². The molecule has 14 heavy (non-hydrogen) atoms. The highest BCUT2D eigenvalue weighted by molar-refractivity contribution is 8.15. The van der Waals surface area contributed by atoms with Gasteiger partial charge in [-0.2, -0.15) is 0 Å². The van der Waals surface area contributed by atoms with Gasteiger partial charge >= 0.3 is 0 Å². The first kappa shape index (κ1) is 11.5. The molecule has 0 heterocycles. The van der Waals surface area contributed by atoms with Crippen LogP contribution in [0.1, 0.15) is 20.8 Å². The maximum Gasteiger partial charge on any atom is 0.159 e. The molecule has 1 aromatic carbocycles. The summed E-state index contributed by atoms with van der Waals surface area (Å²) in [6.45, 7) is 5.62. The van der Waals surface area contributed by atoms with E-state index in [1.807, 2.05) is 26.8 Å². The zero-order valence-electron chi connectivity index (χ0n) is 8.53. The van der Waals surface area contributed by atoms with Crippen molar-refractivity contribution in [1.82, 2.24) is 0 Å². The Balaban J connectivity index is 3.23. The minimum atomic E-state index is -2.77. The number of halogens is 1. The lowest BCUT2D eigenvalue weighted by atomic mass is 10.1. The Kier molecular flexibility index (Phi) is 3.22. The van der Waals surface area contributed by atoms with E-state index in [2.05, 4.69) is 4.36 Å². The Morgan fingerprint density at radius 2 is 1.71 bits per heavy atom. The van der Waals surface area contributed by atoms with Crippen LogP contribution < -0.4 is 0 Å². The lowest BCUT2D eigenvalue weighted by Gasteiger charge is -2.13. The molecule has 1 rings (SSSR count). The van der Waals surface area contributed by atoms with E-state index < -0.39 is 14.5 Å². The first-order chi connectivity index (χ1) is 6.31. The molecule has 0 N–H and O–H groups in total. The average molecular weight is 232 g/mol. The largest absolute Gasteiger partial charge is 0.228 e. The molecule has 0 bridgehead atoms. The number of benzene rings is 1. The average Bonchev–Trinajstić information content (AvgIpc) is 2.01. The van der Waals surface area contributed by atoms with Gasteiger partial charge in [0.2, 0.25) is 0 Å². The van der Waals surface area contributed by atoms with Gasteiger partial charge in [-0.25, -0.2) is 8.57 Å². The normalized spacial score (nSPS) is 16.0. The van der Waals surface area contributed by atoms with Crippen LogP contribution in [0.4, 0.5) is 0 Å². The van der Waals surface area contributed by atoms with Crippen molar-refractivity contribution in [3.05, 3.63) is 30.3 Å². The number of hydrogen-bond acceptors (Lipinski definition) is 2. The van der Waals surface area contributed by atoms with E-state index in [1.165, 1.54) is 0 Å². The molecule has 0 aliphatic rings. The molecular formula is C10H14ClNOS. The fourth-order valence-electron chi connectivity index (χ4n) is 0.993. The molecule has 1 unspecified atom stereocenters. The van der Waals surface area contributed by atoms with E-state index in [0.717, 1.165) is 0 Å². The molecular weight excluding hydrogens is 218 g/mol. The quantitative estimate of drug-likeness (QED) is 0.681. The molecule has 0 aliphatic heterocycles. The fraction of sp³-hybridized carbons (Fsp3) is 0.400. The minimum absolute atomic E-state index is 0.394. The standard InChI is InChI=1S/C10H14ClNOS/c1-10(2,3)12-14(11,13)9-7-5-4-6-8-9/h4-8H,1-3H3. The van der Waals surface area contributed by atoms with Crippen molar-refractivity contribution in [3.8, 4) is 0 Å². The predicted molar refractivity (Wildman–Crippen MR) is 60.9 cm³/mol. The van der Waals surface area contributed by atoms with Gasteiger partial charge in [-0.05, 0) is 32.9 Å². The zero-order valence-corrected chi connectivity index (χ0v) is 10.1. The molecule has 0 aromatic heterocycles. The van der Waals surface area contributed by atoms with Crippen LogP contribution in [-0.4, -0.2) is 9.75 Å². The Labute approximate surface area is 90.0 Å². The summed E-state index contributed by atoms with van der Waals surface area (Å²) in [7, 11) is 3.14. The van der Waals surface area contributed by atoms with Gasteiger partial charge in [0.25, 0.3) is 0 Å². The predicted octanol–water partition coefficient (Wildman–Crippen LogP) is 3.47. The van der Waals surface area contributed by atoms with Crippen LogP contribution in [0.25, 0.3) is 0 Å². The summed E-state index contributed by atoms with van der Waals surface area (Å²) < 4.78 is 16.1. The van der Waals surface area contributed by atoms with Gasteiger partial charge in [-0.1, -0.05) is 18.2 Å². The lowest BCUT2D eigenvalue weighted by Crippen LogP contribution is -2.11. The molecule has 0 amide bonds. The number of rotatable bonds is 1. The summed E-state index contributed by atoms with van der Waals surface area (Å²) in [4.78, 5) is 0.566. The first-order valence-corrected chi connectivity index (χ1v) is 6.68. The summed E-state index contributed by atoms with van der Waals surface area (Å²) >= 11 is 0. The van der Waals surface area contributed by atoms with E-state index in [9.17, 15) is 4.21 Å². The zero-order chi connectivity index (χ0) is 10.8. The van der Waals surface area contributed by atoms with Crippen LogP contribution in [0.5, 0.6) is 0 Å². The van der Waals surface area contributed by atoms with Crippen LogP contribution in [-0.2, 0) is 8.94 Å². The molecule has 0 saturated carbocycles. The number of hydrogen-bond donors (Lipinski definition) is 0. The molecule has 2 nitrogen and oxygen atoms in total. The third-order valence-electron chi connectivity index (χ3n) is 1.43. The van der Waals surface area contributed by atoms with Crippen LogP contribution in [0.3, 0.4) is 0 Å². The summed E-state index contributed by atoms with van der Waals surface area (Å²) in [5.41, 5.74) is -0.394. The van der Waals surface area contributed by atoms with Gasteiger partial charge in [0.15, 0.2) is 8.94 Å². The van der Waals surface area contributed by atoms with Gasteiger partial charge in [0.05, 0.1) is 10.4 Å². The van der Waals surface area contributed by atoms with Crippen LogP contribution in [0, 0.1) is 0 Å². The molecule has 1 aromatic rings. The summed E-state index contributed by atoms with van der Waals surface area (Å²) in [6, 6.07) is 8.91. The lowest BCUT2D eigenvalue weighted by molar-refractivity contribution is 0.583. The van der Waals surface area contributed by atoms with Crippen LogP contribution >= 0.6 is 10.7 Å². The second-order valence-electron chi connectivity index (χ2n) is 4.03. The van der Waals surface area contributed by atoms with E-state index in [0.29, 0.717) is 4.90 Å². The van der Waals surface area contributed by atoms with Crippen molar-refractivity contribution < 1.29 is 4.21 Å². The van der Waals surface area contributed by atoms with Crippen molar-refractivity contribution in [1.29, 1.82) is 0 Å². The van der Waals surface area contributed by atoms with Gasteiger partial charge in [0, 0.05) is 10.7 Å². The summed E-state index contributed by atoms with van der Waals surface area (Å²) in [5, 5.41) is 0. The highest BCUT2D eigenvalue weighted by Gasteiger charge is 2.15. The van der Waals surface area contributed by atoms with Gasteiger partial charge in [0.1, 0.15) is 0 Å². The highest BCUT2D eigenvalue weighted by atomic mass is 35.7. The monoisotopic (exact) mass is 231 g/mol. The van der Waals surface area contributed by atoms with Crippen LogP contribution in [0.2, 0.25) is 0 Å². The van der Waals surface area contributed by atoms with E-state index in [-0.39, 0.29) is 0 Å². The Bertz CT molecular complexity index is 413. The number of nitrogens with zero attached hydrogens (tertiary/aromatic N) is 1. The van der Waals surface area contributed by atoms with Gasteiger partial charge in [-0.3, -0.25) is 0 Å². The third-order valence-corrected chi connectivity index (χ3v) is 3.80. The van der Waals surface area contributed by atoms with Crippen LogP contribution in [0.15, 0.2) is 39.6 Å². The Morgan fingerprint density at radius 1 is 1.21 bits per heavy atom. The van der Waals surface area contributed by atoms with Gasteiger partial charge in [-0.15, -0.1) is 0 Å². The summed E-state index contributed by atoms with van der Waals surface area (Å²) in [5.74, 6) is 0. The maximum atomic E-state index is 12.0. The Hall–Kier alpha value is -0.540. The molecule has 78 valence electrons. The molecule has 0 aliphatic carbocycles. The van der Waals surface area contributed by atoms with Crippen molar-refractivity contribution in [2.45, 2.75) is 31.2 Å². The molecule has 1 atom stereocenters. The molecule has 0 fully saturated rings. The van der Waals surface area contributed by atoms with Gasteiger partial charge < -0.3 is 0 Å². The van der Waals surface area contributed by atoms with Crippen molar-refractivity contribution in [2.75, 3.05) is 0 Å². The van der Waals surface area contributed by atoms with E-state index in [1.54, 1.807) is 24.3 Å². The third kappa shape index (κ3) is 3.31. The SMILES string of the molecule is CC(C)(C)N=S(=O)(Cl)c1ccccc1. The van der Waals surface area contributed by atoms with Crippen molar-refractivity contribution in [3.63, 3.8) is 0 Å². The second kappa shape index (κ2) is 3.91. The second-order valence-corrected chi connectivity index (χ2v) is 6.86. The molecule has 0 spiro atoms. The maximum absolute atomic E-state index is 12.0. The minimum Gasteiger partial charge on any atom is -0.228 e. The molecule has 0 saturated heterocycles. The van der Waals surface area contributed by atoms with E-state index >= 15 is 0 Å².